The van der Waals surface area contributed by atoms with Crippen molar-refractivity contribution in [2.45, 2.75) is 32.6 Å². The van der Waals surface area contributed by atoms with Crippen molar-refractivity contribution in [1.29, 1.82) is 0 Å². The minimum absolute atomic E-state index is 0.129. The zero-order valence-corrected chi connectivity index (χ0v) is 16.7. The first-order valence-corrected chi connectivity index (χ1v) is 9.33. The third kappa shape index (κ3) is 5.70. The highest BCUT2D eigenvalue weighted by atomic mass is 19.3. The Bertz CT molecular complexity index is 855. The highest BCUT2D eigenvalue weighted by Gasteiger charge is 2.29. The molecule has 0 fully saturated rings. The number of rotatable bonds is 8. The first-order chi connectivity index (χ1) is 13.8. The molecule has 2 heterocycles. The van der Waals surface area contributed by atoms with E-state index < -0.39 is 5.92 Å². The van der Waals surface area contributed by atoms with E-state index in [2.05, 4.69) is 23.1 Å². The molecule has 29 heavy (non-hydrogen) atoms. The van der Waals surface area contributed by atoms with E-state index in [1.54, 1.807) is 17.2 Å². The molecule has 7 heteroatoms. The van der Waals surface area contributed by atoms with Crippen molar-refractivity contribution < 1.29 is 18.3 Å². The van der Waals surface area contributed by atoms with Crippen molar-refractivity contribution in [3.05, 3.63) is 72.8 Å². The molecule has 0 atom stereocenters. The lowest BCUT2D eigenvalue weighted by atomic mass is 10.0. The number of hydrogen-bond acceptors (Lipinski definition) is 4. The first-order valence-electron chi connectivity index (χ1n) is 9.33. The molecule has 0 N–H and O–H groups in total. The number of amides is 1. The summed E-state index contributed by atoms with van der Waals surface area (Å²) in [5.74, 6) is -2.66. The zero-order chi connectivity index (χ0) is 21.4. The third-order valence-electron chi connectivity index (χ3n) is 4.45. The molecule has 0 spiro atoms. The van der Waals surface area contributed by atoms with E-state index in [4.69, 9.17) is 4.74 Å². The SMILES string of the molecule is C=CC(=O)N1CC=C(C(=N/C=C\C)C(=C)Oc2ccc(C(F)(F)CC)cn2)CC1. The second kappa shape index (κ2) is 9.91. The summed E-state index contributed by atoms with van der Waals surface area (Å²) >= 11 is 0. The quantitative estimate of drug-likeness (QED) is 0.357. The summed E-state index contributed by atoms with van der Waals surface area (Å²) in [5.41, 5.74) is 1.25. The zero-order valence-electron chi connectivity index (χ0n) is 16.7. The molecular formula is C22H25F2N3O2. The van der Waals surface area contributed by atoms with Crippen molar-refractivity contribution in [2.75, 3.05) is 13.1 Å². The van der Waals surface area contributed by atoms with Gasteiger partial charge in [-0.1, -0.05) is 32.2 Å². The van der Waals surface area contributed by atoms with Gasteiger partial charge in [0.1, 0.15) is 11.5 Å². The minimum atomic E-state index is -2.93. The van der Waals surface area contributed by atoms with Crippen LogP contribution in [0.5, 0.6) is 5.88 Å². The normalized spacial score (nSPS) is 15.2. The van der Waals surface area contributed by atoms with Gasteiger partial charge in [0.05, 0.1) is 0 Å². The Hall–Kier alpha value is -3.09. The Morgan fingerprint density at radius 2 is 2.21 bits per heavy atom. The van der Waals surface area contributed by atoms with Crippen molar-refractivity contribution in [1.82, 2.24) is 9.88 Å². The largest absolute Gasteiger partial charge is 0.437 e. The van der Waals surface area contributed by atoms with Crippen molar-refractivity contribution in [3.8, 4) is 5.88 Å². The van der Waals surface area contributed by atoms with Gasteiger partial charge in [0.2, 0.25) is 11.8 Å². The number of allylic oxidation sites excluding steroid dienone is 2. The van der Waals surface area contributed by atoms with Crippen LogP contribution in [0.25, 0.3) is 0 Å². The van der Waals surface area contributed by atoms with Crippen LogP contribution < -0.4 is 4.74 Å². The molecule has 0 aliphatic carbocycles. The molecule has 0 bridgehead atoms. The average molecular weight is 401 g/mol. The predicted molar refractivity (Wildman–Crippen MR) is 110 cm³/mol. The number of aromatic nitrogens is 1. The lowest BCUT2D eigenvalue weighted by Gasteiger charge is -2.26. The number of pyridine rings is 1. The van der Waals surface area contributed by atoms with Crippen LogP contribution in [0.1, 0.15) is 32.3 Å². The van der Waals surface area contributed by atoms with E-state index >= 15 is 0 Å². The van der Waals surface area contributed by atoms with Crippen molar-refractivity contribution in [3.63, 3.8) is 0 Å². The van der Waals surface area contributed by atoms with Gasteiger partial charge in [-0.3, -0.25) is 9.79 Å². The molecule has 1 aromatic heterocycles. The van der Waals surface area contributed by atoms with Crippen LogP contribution in [0.4, 0.5) is 8.78 Å². The van der Waals surface area contributed by atoms with Gasteiger partial charge in [0, 0.05) is 43.5 Å². The lowest BCUT2D eigenvalue weighted by molar-refractivity contribution is -0.125. The fourth-order valence-corrected chi connectivity index (χ4v) is 2.73. The second-order valence-corrected chi connectivity index (χ2v) is 6.40. The summed E-state index contributed by atoms with van der Waals surface area (Å²) in [7, 11) is 0. The molecular weight excluding hydrogens is 376 g/mol. The van der Waals surface area contributed by atoms with Gasteiger partial charge in [0.25, 0.3) is 5.92 Å². The number of ether oxygens (including phenoxy) is 1. The fourth-order valence-electron chi connectivity index (χ4n) is 2.73. The summed E-state index contributed by atoms with van der Waals surface area (Å²) in [6, 6.07) is 2.68. The van der Waals surface area contributed by atoms with Gasteiger partial charge in [-0.2, -0.15) is 0 Å². The Morgan fingerprint density at radius 3 is 2.72 bits per heavy atom. The molecule has 0 saturated carbocycles. The molecule has 0 radical (unpaired) electrons. The maximum atomic E-state index is 13.7. The number of alkyl halides is 2. The number of aliphatic imine (C=N–C) groups is 1. The van der Waals surface area contributed by atoms with Crippen LogP contribution in [0, 0.1) is 0 Å². The Morgan fingerprint density at radius 1 is 1.45 bits per heavy atom. The molecule has 1 aliphatic heterocycles. The van der Waals surface area contributed by atoms with E-state index in [9.17, 15) is 13.6 Å². The van der Waals surface area contributed by atoms with E-state index in [0.717, 1.165) is 11.8 Å². The van der Waals surface area contributed by atoms with E-state index in [-0.39, 0.29) is 29.5 Å². The van der Waals surface area contributed by atoms with E-state index in [1.165, 1.54) is 25.1 Å². The molecule has 154 valence electrons. The highest BCUT2D eigenvalue weighted by molar-refractivity contribution is 6.11. The highest BCUT2D eigenvalue weighted by Crippen LogP contribution is 2.31. The monoisotopic (exact) mass is 401 g/mol. The van der Waals surface area contributed by atoms with Crippen LogP contribution in [-0.2, 0) is 10.7 Å². The number of carbonyl (C=O) groups is 1. The van der Waals surface area contributed by atoms with E-state index in [0.29, 0.717) is 25.2 Å². The maximum Gasteiger partial charge on any atom is 0.274 e. The van der Waals surface area contributed by atoms with Gasteiger partial charge >= 0.3 is 0 Å². The van der Waals surface area contributed by atoms with Gasteiger partial charge in [-0.05, 0) is 31.1 Å². The van der Waals surface area contributed by atoms with Crippen LogP contribution in [0.2, 0.25) is 0 Å². The van der Waals surface area contributed by atoms with Gasteiger partial charge < -0.3 is 9.64 Å². The van der Waals surface area contributed by atoms with Gasteiger partial charge in [-0.25, -0.2) is 13.8 Å². The Balaban J connectivity index is 2.17. The molecule has 0 unspecified atom stereocenters. The standard InChI is InChI=1S/C22H25F2N3O2/c1-5-12-25-21(17-10-13-27(14-11-17)20(28)6-2)16(4)29-19-9-8-18(15-26-19)22(23,24)7-3/h5-6,8-10,12,15H,2,4,7,11,13-14H2,1,3H3/b12-5-,25-21?. The molecule has 1 aliphatic rings. The molecule has 1 aromatic rings. The predicted octanol–water partition coefficient (Wildman–Crippen LogP) is 4.80. The van der Waals surface area contributed by atoms with Crippen molar-refractivity contribution in [2.24, 2.45) is 4.99 Å². The Labute approximate surface area is 169 Å². The molecule has 2 rings (SSSR count). The maximum absolute atomic E-state index is 13.7. The fraction of sp³-hybridized carbons (Fsp3) is 0.318. The number of hydrogen-bond donors (Lipinski definition) is 0. The Kier molecular flexibility index (Phi) is 7.59. The summed E-state index contributed by atoms with van der Waals surface area (Å²) in [5, 5.41) is 0. The van der Waals surface area contributed by atoms with E-state index in [1.807, 2.05) is 13.0 Å². The van der Waals surface area contributed by atoms with Crippen molar-refractivity contribution >= 4 is 11.6 Å². The minimum Gasteiger partial charge on any atom is -0.437 e. The topological polar surface area (TPSA) is 54.8 Å². The van der Waals surface area contributed by atoms with Gasteiger partial charge in [0.15, 0.2) is 0 Å². The van der Waals surface area contributed by atoms with Crippen LogP contribution >= 0.6 is 0 Å². The second-order valence-electron chi connectivity index (χ2n) is 6.40. The summed E-state index contributed by atoms with van der Waals surface area (Å²) < 4.78 is 33.1. The smallest absolute Gasteiger partial charge is 0.274 e. The van der Waals surface area contributed by atoms with Crippen LogP contribution in [-0.4, -0.2) is 34.6 Å². The van der Waals surface area contributed by atoms with Crippen LogP contribution in [0.15, 0.2) is 72.2 Å². The number of carbonyl (C=O) groups excluding carboxylic acids is 1. The average Bonchev–Trinajstić information content (AvgIpc) is 2.74. The first kappa shape index (κ1) is 22.2. The summed E-state index contributed by atoms with van der Waals surface area (Å²) in [6.07, 6.45) is 7.93. The number of halogens is 2. The molecule has 0 saturated heterocycles. The van der Waals surface area contributed by atoms with Crippen LogP contribution in [0.3, 0.4) is 0 Å². The number of nitrogens with zero attached hydrogens (tertiary/aromatic N) is 3. The van der Waals surface area contributed by atoms with Gasteiger partial charge in [-0.15, -0.1) is 0 Å². The lowest BCUT2D eigenvalue weighted by Crippen LogP contribution is -2.34. The molecule has 1 amide bonds. The summed E-state index contributed by atoms with van der Waals surface area (Å²) in [6.45, 7) is 11.6. The molecule has 5 nitrogen and oxygen atoms in total. The molecule has 0 aromatic carbocycles. The third-order valence-corrected chi connectivity index (χ3v) is 4.45. The summed E-state index contributed by atoms with van der Waals surface area (Å²) in [4.78, 5) is 21.8.